The van der Waals surface area contributed by atoms with E-state index in [1.807, 2.05) is 0 Å². The number of alkyl halides is 1. The summed E-state index contributed by atoms with van der Waals surface area (Å²) in [6.07, 6.45) is 3.22. The van der Waals surface area contributed by atoms with Gasteiger partial charge in [0.05, 0.1) is 5.38 Å². The molecule has 0 aliphatic carbocycles. The van der Waals surface area contributed by atoms with Crippen molar-refractivity contribution in [2.75, 3.05) is 0 Å². The molecule has 0 fully saturated rings. The Bertz CT molecular complexity index is 493. The first-order valence-corrected chi connectivity index (χ1v) is 5.28. The first kappa shape index (κ1) is 15.7. The molecule has 1 heterocycles. The Kier molecular flexibility index (Phi) is 5.44. The Hall–Kier alpha value is -0.316. The second kappa shape index (κ2) is 6.22. The number of hydrogen-bond donors (Lipinski definition) is 1. The molecule has 2 rings (SSSR count). The molecule has 0 bridgehead atoms. The van der Waals surface area contributed by atoms with Crippen LogP contribution in [-0.4, -0.2) is 5.38 Å². The van der Waals surface area contributed by atoms with Crippen LogP contribution in [0.5, 0.6) is 0 Å². The molecule has 1 aliphatic rings. The third kappa shape index (κ3) is 3.17. The first-order valence-electron chi connectivity index (χ1n) is 4.84. The van der Waals surface area contributed by atoms with Crippen molar-refractivity contribution in [1.29, 1.82) is 0 Å². The van der Waals surface area contributed by atoms with Gasteiger partial charge in [0.2, 0.25) is 0 Å². The SMILES string of the molecule is C=C1NC(c2cc(F)c(F)c(F)c2)=[C-]CC1Cl.[Y]. The first-order chi connectivity index (χ1) is 7.99. The van der Waals surface area contributed by atoms with Gasteiger partial charge < -0.3 is 5.32 Å². The van der Waals surface area contributed by atoms with Crippen LogP contribution in [0.15, 0.2) is 24.4 Å². The molecule has 1 aromatic rings. The van der Waals surface area contributed by atoms with Crippen LogP contribution >= 0.6 is 11.6 Å². The maximum atomic E-state index is 13.0. The van der Waals surface area contributed by atoms with Crippen molar-refractivity contribution in [1.82, 2.24) is 5.32 Å². The largest absolute Gasteiger partial charge is 0.392 e. The predicted octanol–water partition coefficient (Wildman–Crippen LogP) is 3.36. The van der Waals surface area contributed by atoms with Crippen molar-refractivity contribution >= 4 is 17.3 Å². The van der Waals surface area contributed by atoms with E-state index in [4.69, 9.17) is 11.6 Å². The van der Waals surface area contributed by atoms with E-state index in [0.29, 0.717) is 17.8 Å². The van der Waals surface area contributed by atoms with Gasteiger partial charge in [-0.2, -0.15) is 0 Å². The fourth-order valence-corrected chi connectivity index (χ4v) is 1.60. The molecule has 1 aromatic carbocycles. The third-order valence-corrected chi connectivity index (χ3v) is 2.81. The maximum absolute atomic E-state index is 13.0. The molecular weight excluding hydrogens is 339 g/mol. The maximum Gasteiger partial charge on any atom is 0.191 e. The standard InChI is InChI=1S/C12H8ClF3N.Y/c1-6-8(13)2-3-11(17-6)7-4-9(14)12(16)10(15)5-7;/h4-5,8,17H,1-2H2;/q-1;. The van der Waals surface area contributed by atoms with E-state index >= 15 is 0 Å². The van der Waals surface area contributed by atoms with Crippen LogP contribution < -0.4 is 5.32 Å². The van der Waals surface area contributed by atoms with Crippen LogP contribution in [0.3, 0.4) is 0 Å². The van der Waals surface area contributed by atoms with Gasteiger partial charge in [0, 0.05) is 38.4 Å². The molecule has 0 amide bonds. The fraction of sp³-hybridized carbons (Fsp3) is 0.167. The van der Waals surface area contributed by atoms with Gasteiger partial charge >= 0.3 is 0 Å². The van der Waals surface area contributed by atoms with E-state index in [1.54, 1.807) is 0 Å². The Morgan fingerprint density at radius 3 is 2.33 bits per heavy atom. The summed E-state index contributed by atoms with van der Waals surface area (Å²) in [6.45, 7) is 3.67. The Morgan fingerprint density at radius 2 is 1.83 bits per heavy atom. The van der Waals surface area contributed by atoms with Gasteiger partial charge in [-0.05, 0) is 0 Å². The van der Waals surface area contributed by atoms with Crippen LogP contribution in [0, 0.1) is 23.5 Å². The zero-order chi connectivity index (χ0) is 12.6. The number of rotatable bonds is 1. The predicted molar refractivity (Wildman–Crippen MR) is 59.5 cm³/mol. The van der Waals surface area contributed by atoms with Crippen LogP contribution in [0.2, 0.25) is 0 Å². The van der Waals surface area contributed by atoms with E-state index in [-0.39, 0.29) is 43.6 Å². The van der Waals surface area contributed by atoms with Crippen LogP contribution in [0.25, 0.3) is 5.70 Å². The summed E-state index contributed by atoms with van der Waals surface area (Å²) in [5.41, 5.74) is 1.04. The minimum Gasteiger partial charge on any atom is -0.392 e. The second-order valence-corrected chi connectivity index (χ2v) is 4.15. The molecular formula is C12H8ClF3NY-. The second-order valence-electron chi connectivity index (χ2n) is 3.63. The fourth-order valence-electron chi connectivity index (χ4n) is 1.47. The quantitative estimate of drug-likeness (QED) is 0.467. The molecule has 0 saturated carbocycles. The van der Waals surface area contributed by atoms with E-state index < -0.39 is 17.5 Å². The number of allylic oxidation sites excluding steroid dienone is 2. The van der Waals surface area contributed by atoms with Gasteiger partial charge in [0.25, 0.3) is 0 Å². The average molecular weight is 348 g/mol. The van der Waals surface area contributed by atoms with Crippen molar-refractivity contribution in [3.63, 3.8) is 0 Å². The summed E-state index contributed by atoms with van der Waals surface area (Å²) in [5, 5.41) is 2.47. The topological polar surface area (TPSA) is 12.0 Å². The van der Waals surface area contributed by atoms with Crippen molar-refractivity contribution in [2.45, 2.75) is 11.8 Å². The molecule has 93 valence electrons. The smallest absolute Gasteiger partial charge is 0.191 e. The minimum absolute atomic E-state index is 0. The summed E-state index contributed by atoms with van der Waals surface area (Å²) < 4.78 is 38.9. The van der Waals surface area contributed by atoms with Gasteiger partial charge in [-0.15, -0.1) is 22.9 Å². The molecule has 6 heteroatoms. The molecule has 1 aliphatic heterocycles. The van der Waals surface area contributed by atoms with Gasteiger partial charge in [0.1, 0.15) is 11.6 Å². The van der Waals surface area contributed by atoms with E-state index in [9.17, 15) is 13.2 Å². The monoisotopic (exact) mass is 347 g/mol. The van der Waals surface area contributed by atoms with E-state index in [0.717, 1.165) is 12.1 Å². The van der Waals surface area contributed by atoms with E-state index in [2.05, 4.69) is 18.0 Å². The summed E-state index contributed by atoms with van der Waals surface area (Å²) in [6, 6.07) is 1.80. The molecule has 0 saturated heterocycles. The molecule has 18 heavy (non-hydrogen) atoms. The van der Waals surface area contributed by atoms with Gasteiger partial charge in [-0.25, -0.2) is 19.2 Å². The molecule has 1 atom stereocenters. The number of benzene rings is 1. The number of halogens is 4. The minimum atomic E-state index is -1.49. The average Bonchev–Trinajstić information content (AvgIpc) is 2.29. The van der Waals surface area contributed by atoms with E-state index in [1.165, 1.54) is 0 Å². The summed E-state index contributed by atoms with van der Waals surface area (Å²) in [5.74, 6) is -3.97. The van der Waals surface area contributed by atoms with Crippen LogP contribution in [-0.2, 0) is 32.7 Å². The zero-order valence-corrected chi connectivity index (χ0v) is 12.8. The number of hydrogen-bond acceptors (Lipinski definition) is 1. The molecule has 1 nitrogen and oxygen atoms in total. The molecule has 1 radical (unpaired) electrons. The third-order valence-electron chi connectivity index (χ3n) is 2.39. The van der Waals surface area contributed by atoms with Crippen molar-refractivity contribution in [3.8, 4) is 0 Å². The van der Waals surface area contributed by atoms with Crippen molar-refractivity contribution in [2.24, 2.45) is 0 Å². The van der Waals surface area contributed by atoms with Crippen LogP contribution in [0.4, 0.5) is 13.2 Å². The summed E-state index contributed by atoms with van der Waals surface area (Å²) in [4.78, 5) is 0. The van der Waals surface area contributed by atoms with Gasteiger partial charge in [0.15, 0.2) is 5.82 Å². The molecule has 1 N–H and O–H groups in total. The summed E-state index contributed by atoms with van der Waals surface area (Å²) >= 11 is 5.86. The van der Waals surface area contributed by atoms with Crippen molar-refractivity contribution < 1.29 is 45.9 Å². The molecule has 0 spiro atoms. The summed E-state index contributed by atoms with van der Waals surface area (Å²) in [7, 11) is 0. The van der Waals surface area contributed by atoms with Gasteiger partial charge in [-0.3, -0.25) is 0 Å². The van der Waals surface area contributed by atoms with Crippen LogP contribution in [0.1, 0.15) is 12.0 Å². The Balaban J connectivity index is 0.00000162. The number of nitrogens with one attached hydrogen (secondary N) is 1. The molecule has 0 aromatic heterocycles. The Morgan fingerprint density at radius 1 is 1.28 bits per heavy atom. The normalized spacial score (nSPS) is 18.8. The van der Waals surface area contributed by atoms with Crippen molar-refractivity contribution in [3.05, 3.63) is 53.5 Å². The van der Waals surface area contributed by atoms with Gasteiger partial charge in [-0.1, -0.05) is 25.1 Å². The molecule has 1 unspecified atom stereocenters. The zero-order valence-electron chi connectivity index (χ0n) is 9.24. The Labute approximate surface area is 133 Å².